The first-order valence-corrected chi connectivity index (χ1v) is 7.48. The number of hydrogen-bond acceptors (Lipinski definition) is 3. The van der Waals surface area contributed by atoms with Gasteiger partial charge in [0.25, 0.3) is 0 Å². The molecule has 1 atom stereocenters. The van der Waals surface area contributed by atoms with Crippen LogP contribution in [0.1, 0.15) is 5.56 Å². The maximum atomic E-state index is 11.7. The van der Waals surface area contributed by atoms with Crippen molar-refractivity contribution in [2.75, 3.05) is 7.05 Å². The summed E-state index contributed by atoms with van der Waals surface area (Å²) in [7, 11) is -3.08. The molecule has 0 spiro atoms. The molecule has 0 saturated carbocycles. The lowest BCUT2D eigenvalue weighted by atomic mass is 10.1. The molecule has 6 nitrogen and oxygen atoms in total. The van der Waals surface area contributed by atoms with Crippen LogP contribution in [-0.2, 0) is 15.8 Å². The second-order valence-corrected chi connectivity index (χ2v) is 6.10. The molecule has 0 radical (unpaired) electrons. The predicted molar refractivity (Wildman–Crippen MR) is 75.8 cm³/mol. The summed E-state index contributed by atoms with van der Waals surface area (Å²) in [5.41, 5.74) is 0.858. The van der Waals surface area contributed by atoms with E-state index in [1.165, 1.54) is 7.05 Å². The van der Waals surface area contributed by atoms with Gasteiger partial charge in [0.2, 0.25) is 5.91 Å². The molecule has 1 amide bonds. The van der Waals surface area contributed by atoms with Gasteiger partial charge in [0.15, 0.2) is 4.73 Å². The molecule has 0 aliphatic rings. The van der Waals surface area contributed by atoms with Crippen LogP contribution < -0.4 is 10.6 Å². The molecule has 1 unspecified atom stereocenters. The first-order chi connectivity index (χ1) is 8.84. The molecule has 0 heterocycles. The van der Waals surface area contributed by atoms with Crippen molar-refractivity contribution in [3.05, 3.63) is 35.9 Å². The molecular formula is C11H15N2O4PS. The molecule has 1 aromatic carbocycles. The van der Waals surface area contributed by atoms with Crippen LogP contribution in [0, 0.1) is 0 Å². The third-order valence-electron chi connectivity index (χ3n) is 2.41. The predicted octanol–water partition coefficient (Wildman–Crippen LogP) is 0.396. The van der Waals surface area contributed by atoms with Crippen LogP contribution in [0.3, 0.4) is 0 Å². The number of likely N-dealkylation sites (N-methyl/N-ethyl adjacent to an activating group) is 1. The van der Waals surface area contributed by atoms with Crippen molar-refractivity contribution < 1.29 is 19.1 Å². The molecule has 0 fully saturated rings. The van der Waals surface area contributed by atoms with Gasteiger partial charge < -0.3 is 20.4 Å². The number of nitrogens with one attached hydrogen (secondary N) is 2. The van der Waals surface area contributed by atoms with Crippen molar-refractivity contribution in [3.8, 4) is 0 Å². The van der Waals surface area contributed by atoms with Crippen molar-refractivity contribution in [1.82, 2.24) is 10.6 Å². The highest BCUT2D eigenvalue weighted by atomic mass is 32.1. The van der Waals surface area contributed by atoms with Crippen LogP contribution in [0.15, 0.2) is 30.3 Å². The second-order valence-electron chi connectivity index (χ2n) is 3.85. The number of carbonyl (C=O) groups is 1. The van der Waals surface area contributed by atoms with Crippen molar-refractivity contribution >= 4 is 30.5 Å². The molecule has 1 aromatic rings. The fourth-order valence-electron chi connectivity index (χ4n) is 1.47. The molecule has 0 bridgehead atoms. The van der Waals surface area contributed by atoms with E-state index < -0.39 is 18.4 Å². The number of rotatable bonds is 5. The van der Waals surface area contributed by atoms with Gasteiger partial charge in [-0.25, -0.2) is 0 Å². The lowest BCUT2D eigenvalue weighted by Crippen LogP contribution is -2.46. The van der Waals surface area contributed by atoms with Gasteiger partial charge in [-0.3, -0.25) is 9.36 Å². The Morgan fingerprint density at radius 1 is 1.37 bits per heavy atom. The van der Waals surface area contributed by atoms with E-state index in [2.05, 4.69) is 22.9 Å². The Balaban J connectivity index is 2.82. The molecule has 0 aliphatic carbocycles. The summed E-state index contributed by atoms with van der Waals surface area (Å²) in [6.45, 7) is 0. The minimum atomic E-state index is -4.53. The zero-order valence-electron chi connectivity index (χ0n) is 10.2. The number of amides is 1. The first-order valence-electron chi connectivity index (χ1n) is 5.46. The molecule has 104 valence electrons. The van der Waals surface area contributed by atoms with E-state index in [4.69, 9.17) is 9.79 Å². The maximum Gasteiger partial charge on any atom is 0.383 e. The number of thiocarbonyl (C=S) groups is 1. The van der Waals surface area contributed by atoms with Crippen LogP contribution in [0.25, 0.3) is 0 Å². The fraction of sp³-hybridized carbons (Fsp3) is 0.273. The van der Waals surface area contributed by atoms with E-state index >= 15 is 0 Å². The van der Waals surface area contributed by atoms with Crippen molar-refractivity contribution in [3.63, 3.8) is 0 Å². The maximum absolute atomic E-state index is 11.7. The molecule has 8 heteroatoms. The van der Waals surface area contributed by atoms with Gasteiger partial charge in [0, 0.05) is 13.5 Å². The van der Waals surface area contributed by atoms with E-state index in [1.807, 2.05) is 30.3 Å². The Kier molecular flexibility index (Phi) is 5.62. The summed E-state index contributed by atoms with van der Waals surface area (Å²) in [6.07, 6.45) is 0.278. The van der Waals surface area contributed by atoms with Gasteiger partial charge in [0.1, 0.15) is 6.04 Å². The van der Waals surface area contributed by atoms with Gasteiger partial charge in [-0.1, -0.05) is 42.5 Å². The zero-order chi connectivity index (χ0) is 14.5. The van der Waals surface area contributed by atoms with Crippen molar-refractivity contribution in [1.29, 1.82) is 0 Å². The molecule has 0 aliphatic heterocycles. The molecule has 19 heavy (non-hydrogen) atoms. The van der Waals surface area contributed by atoms with E-state index in [9.17, 15) is 9.36 Å². The topological polar surface area (TPSA) is 98.7 Å². The largest absolute Gasteiger partial charge is 0.383 e. The quantitative estimate of drug-likeness (QED) is 0.464. The Morgan fingerprint density at radius 2 is 1.95 bits per heavy atom. The molecule has 4 N–H and O–H groups in total. The lowest BCUT2D eigenvalue weighted by molar-refractivity contribution is -0.122. The molecule has 1 rings (SSSR count). The van der Waals surface area contributed by atoms with E-state index in [0.29, 0.717) is 0 Å². The summed E-state index contributed by atoms with van der Waals surface area (Å²) >= 11 is 4.60. The van der Waals surface area contributed by atoms with E-state index in [1.54, 1.807) is 0 Å². The molecule has 0 aromatic heterocycles. The summed E-state index contributed by atoms with van der Waals surface area (Å²) in [5.74, 6) is -0.389. The minimum absolute atomic E-state index is 0.278. The van der Waals surface area contributed by atoms with Crippen molar-refractivity contribution in [2.24, 2.45) is 0 Å². The van der Waals surface area contributed by atoms with Crippen LogP contribution in [0.4, 0.5) is 0 Å². The van der Waals surface area contributed by atoms with E-state index in [0.717, 1.165) is 5.56 Å². The highest BCUT2D eigenvalue weighted by Gasteiger charge is 2.27. The number of carbonyl (C=O) groups excluding carboxylic acids is 1. The Labute approximate surface area is 116 Å². The standard InChI is InChI=1S/C11H15N2O4PS/c1-12-10(14)9(13-11(19)18(15,16)17)7-8-5-3-2-4-6-8/h2-6,9H,7H2,1H3,(H,12,14)(H,13,19)(H2,15,16,17). The van der Waals surface area contributed by atoms with Gasteiger partial charge in [0.05, 0.1) is 0 Å². The Bertz CT molecular complexity index is 503. The summed E-state index contributed by atoms with van der Waals surface area (Å²) in [6, 6.07) is 8.28. The van der Waals surface area contributed by atoms with Gasteiger partial charge >= 0.3 is 7.60 Å². The molecule has 0 saturated heterocycles. The van der Waals surface area contributed by atoms with Crippen LogP contribution >= 0.6 is 19.8 Å². The van der Waals surface area contributed by atoms with Gasteiger partial charge in [-0.15, -0.1) is 0 Å². The van der Waals surface area contributed by atoms with Crippen LogP contribution in [-0.4, -0.2) is 33.5 Å². The molecular weight excluding hydrogens is 287 g/mol. The fourth-order valence-corrected chi connectivity index (χ4v) is 1.93. The van der Waals surface area contributed by atoms with Gasteiger partial charge in [-0.05, 0) is 5.56 Å². The first kappa shape index (κ1) is 15.8. The highest BCUT2D eigenvalue weighted by molar-refractivity contribution is 7.97. The number of benzene rings is 1. The highest BCUT2D eigenvalue weighted by Crippen LogP contribution is 2.35. The minimum Gasteiger partial charge on any atom is -0.358 e. The third-order valence-corrected chi connectivity index (χ3v) is 3.90. The average molecular weight is 302 g/mol. The monoisotopic (exact) mass is 302 g/mol. The lowest BCUT2D eigenvalue weighted by Gasteiger charge is -2.19. The average Bonchev–Trinajstić information content (AvgIpc) is 2.37. The summed E-state index contributed by atoms with van der Waals surface area (Å²) in [4.78, 5) is 29.6. The smallest absolute Gasteiger partial charge is 0.358 e. The zero-order valence-corrected chi connectivity index (χ0v) is 11.9. The van der Waals surface area contributed by atoms with Crippen LogP contribution in [0.2, 0.25) is 0 Å². The second kappa shape index (κ2) is 6.77. The van der Waals surface area contributed by atoms with Gasteiger partial charge in [-0.2, -0.15) is 0 Å². The van der Waals surface area contributed by atoms with Crippen molar-refractivity contribution in [2.45, 2.75) is 12.5 Å². The van der Waals surface area contributed by atoms with Crippen LogP contribution in [0.5, 0.6) is 0 Å². The number of hydrogen-bond donors (Lipinski definition) is 4. The Morgan fingerprint density at radius 3 is 2.42 bits per heavy atom. The summed E-state index contributed by atoms with van der Waals surface area (Å²) < 4.78 is 10.4. The van der Waals surface area contributed by atoms with E-state index in [-0.39, 0.29) is 12.3 Å². The summed E-state index contributed by atoms with van der Waals surface area (Å²) in [5, 5.41) is 4.84. The normalized spacial score (nSPS) is 12.6. The third kappa shape index (κ3) is 5.08. The SMILES string of the molecule is CNC(=O)C(Cc1ccccc1)NC(=S)P(=O)(O)O. The Hall–Kier alpha value is -1.27.